The van der Waals surface area contributed by atoms with Crippen LogP contribution >= 0.6 is 24.8 Å². The first-order chi connectivity index (χ1) is 11.5. The summed E-state index contributed by atoms with van der Waals surface area (Å²) >= 11 is 0. The molecule has 9 heteroatoms. The second kappa shape index (κ2) is 9.14. The van der Waals surface area contributed by atoms with Gasteiger partial charge in [0.25, 0.3) is 10.0 Å². The zero-order valence-corrected chi connectivity index (χ0v) is 16.2. The molecule has 0 saturated carbocycles. The minimum Gasteiger partial charge on any atom is -0.316 e. The van der Waals surface area contributed by atoms with Gasteiger partial charge in [-0.05, 0) is 60.6 Å². The highest BCUT2D eigenvalue weighted by atomic mass is 35.5. The molecule has 1 N–H and O–H groups in total. The minimum absolute atomic E-state index is 0. The van der Waals surface area contributed by atoms with E-state index >= 15 is 0 Å². The number of nitrogens with one attached hydrogen (secondary N) is 1. The molecule has 2 aromatic heterocycles. The first-order valence-corrected chi connectivity index (χ1v) is 8.74. The summed E-state index contributed by atoms with van der Waals surface area (Å²) in [5.41, 5.74) is 1.90. The number of rotatable bonds is 5. The molecule has 0 amide bonds. The lowest BCUT2D eigenvalue weighted by Gasteiger charge is -2.10. The van der Waals surface area contributed by atoms with E-state index in [1.165, 1.54) is 34.6 Å². The Labute approximate surface area is 164 Å². The van der Waals surface area contributed by atoms with E-state index in [2.05, 4.69) is 10.3 Å². The van der Waals surface area contributed by atoms with Crippen LogP contribution in [-0.2, 0) is 16.6 Å². The van der Waals surface area contributed by atoms with E-state index < -0.39 is 10.0 Å². The van der Waals surface area contributed by atoms with Crippen molar-refractivity contribution in [2.45, 2.75) is 11.4 Å². The van der Waals surface area contributed by atoms with Gasteiger partial charge in [0.2, 0.25) is 0 Å². The van der Waals surface area contributed by atoms with Crippen LogP contribution in [0.3, 0.4) is 0 Å². The Morgan fingerprint density at radius 3 is 2.42 bits per heavy atom. The Morgan fingerprint density at radius 1 is 1.15 bits per heavy atom. The fourth-order valence-corrected chi connectivity index (χ4v) is 3.80. The molecule has 0 aliphatic carbocycles. The highest BCUT2D eigenvalue weighted by Crippen LogP contribution is 2.27. The van der Waals surface area contributed by atoms with Crippen molar-refractivity contribution in [3.05, 3.63) is 72.4 Å². The number of hydrogen-bond acceptors (Lipinski definition) is 4. The van der Waals surface area contributed by atoms with Gasteiger partial charge in [0.15, 0.2) is 0 Å². The van der Waals surface area contributed by atoms with E-state index in [4.69, 9.17) is 0 Å². The van der Waals surface area contributed by atoms with Crippen molar-refractivity contribution in [3.63, 3.8) is 0 Å². The van der Waals surface area contributed by atoms with Crippen LogP contribution in [-0.4, -0.2) is 24.4 Å². The first-order valence-electron chi connectivity index (χ1n) is 7.30. The van der Waals surface area contributed by atoms with Gasteiger partial charge in [-0.2, -0.15) is 0 Å². The molecule has 0 fully saturated rings. The zero-order chi connectivity index (χ0) is 17.2. The van der Waals surface area contributed by atoms with E-state index in [0.717, 1.165) is 5.56 Å². The predicted octanol–water partition coefficient (Wildman–Crippen LogP) is 3.49. The lowest BCUT2D eigenvalue weighted by Crippen LogP contribution is -2.13. The molecular formula is C17H18Cl2FN3O2S. The van der Waals surface area contributed by atoms with Gasteiger partial charge in [-0.3, -0.25) is 4.98 Å². The van der Waals surface area contributed by atoms with Crippen LogP contribution < -0.4 is 5.32 Å². The number of halogens is 3. The van der Waals surface area contributed by atoms with E-state index in [-0.39, 0.29) is 35.5 Å². The fourth-order valence-electron chi connectivity index (χ4n) is 2.44. The van der Waals surface area contributed by atoms with Crippen molar-refractivity contribution >= 4 is 34.8 Å². The Bertz CT molecular complexity index is 946. The van der Waals surface area contributed by atoms with E-state index in [9.17, 15) is 12.8 Å². The van der Waals surface area contributed by atoms with Crippen molar-refractivity contribution in [1.82, 2.24) is 14.3 Å². The SMILES string of the molecule is CNCc1cc(-c2ccc(F)cc2)n(S(=O)(=O)c2cccnc2)c1.Cl.Cl. The van der Waals surface area contributed by atoms with Gasteiger partial charge >= 0.3 is 0 Å². The van der Waals surface area contributed by atoms with E-state index in [0.29, 0.717) is 17.8 Å². The highest BCUT2D eigenvalue weighted by molar-refractivity contribution is 7.90. The van der Waals surface area contributed by atoms with Crippen molar-refractivity contribution < 1.29 is 12.8 Å². The molecule has 3 aromatic rings. The molecule has 2 heterocycles. The molecule has 0 radical (unpaired) electrons. The van der Waals surface area contributed by atoms with Crippen LogP contribution in [0, 0.1) is 5.82 Å². The summed E-state index contributed by atoms with van der Waals surface area (Å²) in [6.07, 6.45) is 4.39. The average Bonchev–Trinajstić information content (AvgIpc) is 3.01. The Kier molecular flexibility index (Phi) is 7.77. The summed E-state index contributed by atoms with van der Waals surface area (Å²) in [5, 5.41) is 3.00. The largest absolute Gasteiger partial charge is 0.316 e. The Morgan fingerprint density at radius 2 is 1.85 bits per heavy atom. The highest BCUT2D eigenvalue weighted by Gasteiger charge is 2.21. The second-order valence-corrected chi connectivity index (χ2v) is 7.08. The van der Waals surface area contributed by atoms with Gasteiger partial charge in [-0.1, -0.05) is 0 Å². The van der Waals surface area contributed by atoms with Gasteiger partial charge < -0.3 is 5.32 Å². The normalized spacial score (nSPS) is 10.7. The smallest absolute Gasteiger partial charge is 0.269 e. The Balaban J connectivity index is 0.00000169. The lowest BCUT2D eigenvalue weighted by molar-refractivity contribution is 0.587. The van der Waals surface area contributed by atoms with Crippen molar-refractivity contribution in [3.8, 4) is 11.3 Å². The third-order valence-electron chi connectivity index (χ3n) is 3.55. The summed E-state index contributed by atoms with van der Waals surface area (Å²) in [7, 11) is -2.01. The molecule has 0 aliphatic heterocycles. The summed E-state index contributed by atoms with van der Waals surface area (Å²) in [5.74, 6) is -0.373. The summed E-state index contributed by atoms with van der Waals surface area (Å²) < 4.78 is 40.3. The van der Waals surface area contributed by atoms with Gasteiger partial charge in [0, 0.05) is 25.1 Å². The van der Waals surface area contributed by atoms with Gasteiger partial charge in [-0.15, -0.1) is 24.8 Å². The maximum atomic E-state index is 13.2. The molecule has 0 bridgehead atoms. The van der Waals surface area contributed by atoms with Crippen LogP contribution in [0.5, 0.6) is 0 Å². The third-order valence-corrected chi connectivity index (χ3v) is 5.21. The predicted molar refractivity (Wildman–Crippen MR) is 104 cm³/mol. The molecule has 26 heavy (non-hydrogen) atoms. The number of pyridine rings is 1. The van der Waals surface area contributed by atoms with Crippen LogP contribution in [0.2, 0.25) is 0 Å². The number of nitrogens with zero attached hydrogens (tertiary/aromatic N) is 2. The van der Waals surface area contributed by atoms with Crippen molar-refractivity contribution in [1.29, 1.82) is 0 Å². The third kappa shape index (κ3) is 4.42. The van der Waals surface area contributed by atoms with Crippen LogP contribution in [0.4, 0.5) is 4.39 Å². The fraction of sp³-hybridized carbons (Fsp3) is 0.118. The zero-order valence-electron chi connectivity index (χ0n) is 13.8. The standard InChI is InChI=1S/C17H16FN3O2S.2ClH/c1-19-10-13-9-17(14-4-6-15(18)7-5-14)21(12-13)24(22,23)16-3-2-8-20-11-16;;/h2-9,11-12,19H,10H2,1H3;2*1H. The molecule has 140 valence electrons. The van der Waals surface area contributed by atoms with Crippen LogP contribution in [0.1, 0.15) is 5.56 Å². The Hall–Kier alpha value is -1.93. The average molecular weight is 418 g/mol. The molecular weight excluding hydrogens is 400 g/mol. The quantitative estimate of drug-likeness (QED) is 0.689. The summed E-state index contributed by atoms with van der Waals surface area (Å²) in [6.45, 7) is 0.518. The van der Waals surface area contributed by atoms with Gasteiger partial charge in [0.05, 0.1) is 5.69 Å². The van der Waals surface area contributed by atoms with Gasteiger partial charge in [0.1, 0.15) is 10.7 Å². The van der Waals surface area contributed by atoms with Crippen molar-refractivity contribution in [2.75, 3.05) is 7.05 Å². The maximum Gasteiger partial charge on any atom is 0.269 e. The lowest BCUT2D eigenvalue weighted by atomic mass is 10.1. The van der Waals surface area contributed by atoms with Gasteiger partial charge in [-0.25, -0.2) is 16.8 Å². The summed E-state index contributed by atoms with van der Waals surface area (Å²) in [4.78, 5) is 3.98. The maximum absolute atomic E-state index is 13.2. The minimum atomic E-state index is -3.79. The van der Waals surface area contributed by atoms with E-state index in [1.807, 2.05) is 0 Å². The molecule has 0 saturated heterocycles. The number of aromatic nitrogens is 2. The van der Waals surface area contributed by atoms with Crippen molar-refractivity contribution in [2.24, 2.45) is 0 Å². The monoisotopic (exact) mass is 417 g/mol. The molecule has 0 unspecified atom stereocenters. The molecule has 3 rings (SSSR count). The van der Waals surface area contributed by atoms with Crippen LogP contribution in [0.25, 0.3) is 11.3 Å². The molecule has 5 nitrogen and oxygen atoms in total. The molecule has 0 spiro atoms. The molecule has 0 atom stereocenters. The van der Waals surface area contributed by atoms with E-state index in [1.54, 1.807) is 37.5 Å². The second-order valence-electron chi connectivity index (χ2n) is 5.26. The number of hydrogen-bond donors (Lipinski definition) is 1. The summed E-state index contributed by atoms with van der Waals surface area (Å²) in [6, 6.07) is 10.6. The number of benzene rings is 1. The molecule has 1 aromatic carbocycles. The topological polar surface area (TPSA) is 64.0 Å². The first kappa shape index (κ1) is 22.1. The van der Waals surface area contributed by atoms with Crippen LogP contribution in [0.15, 0.2) is 66.0 Å². The molecule has 0 aliphatic rings.